The smallest absolute Gasteiger partial charge is 0.303 e. The van der Waals surface area contributed by atoms with Crippen LogP contribution in [0, 0.1) is 5.92 Å². The molecular weight excluding hydrogens is 220 g/mol. The normalized spacial score (nSPS) is 10.4. The quantitative estimate of drug-likeness (QED) is 0.761. The summed E-state index contributed by atoms with van der Waals surface area (Å²) in [7, 11) is 0. The third kappa shape index (κ3) is 5.70. The lowest BCUT2D eigenvalue weighted by atomic mass is 9.93. The van der Waals surface area contributed by atoms with E-state index in [0.717, 1.165) is 5.56 Å². The number of benzene rings is 1. The molecule has 1 rings (SSSR count). The Bertz CT molecular complexity index is 356. The zero-order chi connectivity index (χ0) is 12.7. The molecule has 0 fully saturated rings. The third-order valence-corrected chi connectivity index (χ3v) is 2.61. The van der Waals surface area contributed by atoms with E-state index in [-0.39, 0.29) is 18.8 Å². The lowest BCUT2D eigenvalue weighted by Gasteiger charge is -2.12. The van der Waals surface area contributed by atoms with Gasteiger partial charge in [0.05, 0.1) is 0 Å². The van der Waals surface area contributed by atoms with E-state index in [4.69, 9.17) is 10.2 Å². The van der Waals surface area contributed by atoms with Crippen molar-refractivity contribution in [3.05, 3.63) is 35.9 Å². The second kappa shape index (κ2) is 6.68. The fourth-order valence-corrected chi connectivity index (χ4v) is 1.79. The SMILES string of the molecule is O=C(O)CC(CCc1ccccc1)CC(=O)O. The molecule has 0 saturated heterocycles. The Kier molecular flexibility index (Phi) is 5.20. The highest BCUT2D eigenvalue weighted by molar-refractivity contribution is 5.70. The fourth-order valence-electron chi connectivity index (χ4n) is 1.79. The molecule has 0 amide bonds. The average Bonchev–Trinajstić information content (AvgIpc) is 2.26. The molecule has 0 aromatic heterocycles. The largest absolute Gasteiger partial charge is 0.481 e. The van der Waals surface area contributed by atoms with Gasteiger partial charge in [-0.2, -0.15) is 0 Å². The highest BCUT2D eigenvalue weighted by atomic mass is 16.4. The van der Waals surface area contributed by atoms with Gasteiger partial charge in [0.2, 0.25) is 0 Å². The van der Waals surface area contributed by atoms with E-state index in [2.05, 4.69) is 0 Å². The second-order valence-electron chi connectivity index (χ2n) is 4.09. The van der Waals surface area contributed by atoms with Crippen LogP contribution in [-0.2, 0) is 16.0 Å². The van der Waals surface area contributed by atoms with Gasteiger partial charge in [0.1, 0.15) is 0 Å². The van der Waals surface area contributed by atoms with Crippen LogP contribution in [0.2, 0.25) is 0 Å². The molecule has 0 heterocycles. The molecule has 17 heavy (non-hydrogen) atoms. The Labute approximate surface area is 99.9 Å². The second-order valence-corrected chi connectivity index (χ2v) is 4.09. The molecule has 0 aliphatic heterocycles. The van der Waals surface area contributed by atoms with E-state index in [1.165, 1.54) is 0 Å². The predicted molar refractivity (Wildman–Crippen MR) is 62.8 cm³/mol. The van der Waals surface area contributed by atoms with Gasteiger partial charge in [-0.15, -0.1) is 0 Å². The summed E-state index contributed by atoms with van der Waals surface area (Å²) in [5.74, 6) is -2.18. The van der Waals surface area contributed by atoms with Crippen molar-refractivity contribution in [3.8, 4) is 0 Å². The molecule has 0 unspecified atom stereocenters. The van der Waals surface area contributed by atoms with Gasteiger partial charge in [0.25, 0.3) is 0 Å². The molecule has 0 saturated carbocycles. The first kappa shape index (κ1) is 13.2. The summed E-state index contributed by atoms with van der Waals surface area (Å²) in [5, 5.41) is 17.4. The Morgan fingerprint density at radius 2 is 1.53 bits per heavy atom. The van der Waals surface area contributed by atoms with Crippen LogP contribution >= 0.6 is 0 Å². The van der Waals surface area contributed by atoms with Crippen molar-refractivity contribution in [3.63, 3.8) is 0 Å². The van der Waals surface area contributed by atoms with Gasteiger partial charge in [-0.25, -0.2) is 0 Å². The van der Waals surface area contributed by atoms with E-state index in [1.54, 1.807) is 0 Å². The number of carboxylic acids is 2. The first-order valence-corrected chi connectivity index (χ1v) is 5.55. The van der Waals surface area contributed by atoms with Crippen LogP contribution in [0.3, 0.4) is 0 Å². The maximum atomic E-state index is 10.6. The molecule has 0 aliphatic carbocycles. The van der Waals surface area contributed by atoms with Gasteiger partial charge >= 0.3 is 11.9 Å². The standard InChI is InChI=1S/C13H16O4/c14-12(15)8-11(9-13(16)17)7-6-10-4-2-1-3-5-10/h1-5,11H,6-9H2,(H,14,15)(H,16,17). The Hall–Kier alpha value is -1.84. The van der Waals surface area contributed by atoms with Gasteiger partial charge in [-0.05, 0) is 24.3 Å². The van der Waals surface area contributed by atoms with Crippen molar-refractivity contribution in [1.29, 1.82) is 0 Å². The molecular formula is C13H16O4. The minimum Gasteiger partial charge on any atom is -0.481 e. The van der Waals surface area contributed by atoms with E-state index < -0.39 is 11.9 Å². The summed E-state index contributed by atoms with van der Waals surface area (Å²) in [5.41, 5.74) is 1.10. The first-order valence-electron chi connectivity index (χ1n) is 5.55. The fraction of sp³-hybridized carbons (Fsp3) is 0.385. The van der Waals surface area contributed by atoms with Crippen molar-refractivity contribution in [2.24, 2.45) is 5.92 Å². The van der Waals surface area contributed by atoms with Crippen LogP contribution < -0.4 is 0 Å². The Balaban J connectivity index is 2.48. The number of carbonyl (C=O) groups is 2. The van der Waals surface area contributed by atoms with E-state index in [0.29, 0.717) is 12.8 Å². The molecule has 4 nitrogen and oxygen atoms in total. The maximum Gasteiger partial charge on any atom is 0.303 e. The molecule has 0 bridgehead atoms. The number of rotatable bonds is 7. The molecule has 92 valence electrons. The molecule has 1 aromatic rings. The maximum absolute atomic E-state index is 10.6. The lowest BCUT2D eigenvalue weighted by Crippen LogP contribution is -2.13. The van der Waals surface area contributed by atoms with Gasteiger partial charge in [-0.3, -0.25) is 9.59 Å². The Morgan fingerprint density at radius 3 is 2.00 bits per heavy atom. The molecule has 4 heteroatoms. The summed E-state index contributed by atoms with van der Waals surface area (Å²) in [6, 6.07) is 9.66. The minimum atomic E-state index is -0.940. The number of hydrogen-bond acceptors (Lipinski definition) is 2. The van der Waals surface area contributed by atoms with Crippen LogP contribution in [0.15, 0.2) is 30.3 Å². The highest BCUT2D eigenvalue weighted by Crippen LogP contribution is 2.17. The highest BCUT2D eigenvalue weighted by Gasteiger charge is 2.16. The van der Waals surface area contributed by atoms with Crippen LogP contribution in [0.25, 0.3) is 0 Å². The third-order valence-electron chi connectivity index (χ3n) is 2.61. The van der Waals surface area contributed by atoms with Crippen molar-refractivity contribution < 1.29 is 19.8 Å². The zero-order valence-corrected chi connectivity index (χ0v) is 9.50. The summed E-state index contributed by atoms with van der Waals surface area (Å²) < 4.78 is 0. The summed E-state index contributed by atoms with van der Waals surface area (Å²) in [4.78, 5) is 21.2. The van der Waals surface area contributed by atoms with Crippen LogP contribution in [-0.4, -0.2) is 22.2 Å². The van der Waals surface area contributed by atoms with Crippen LogP contribution in [0.4, 0.5) is 0 Å². The molecule has 0 radical (unpaired) electrons. The van der Waals surface area contributed by atoms with Crippen molar-refractivity contribution >= 4 is 11.9 Å². The summed E-state index contributed by atoms with van der Waals surface area (Å²) in [6.45, 7) is 0. The van der Waals surface area contributed by atoms with E-state index >= 15 is 0 Å². The number of carboxylic acid groups (broad SMARTS) is 2. The van der Waals surface area contributed by atoms with Crippen molar-refractivity contribution in [1.82, 2.24) is 0 Å². The van der Waals surface area contributed by atoms with Crippen LogP contribution in [0.5, 0.6) is 0 Å². The van der Waals surface area contributed by atoms with Gasteiger partial charge in [-0.1, -0.05) is 30.3 Å². The summed E-state index contributed by atoms with van der Waals surface area (Å²) >= 11 is 0. The van der Waals surface area contributed by atoms with Gasteiger partial charge in [0, 0.05) is 12.8 Å². The number of aryl methyl sites for hydroxylation is 1. The van der Waals surface area contributed by atoms with E-state index in [9.17, 15) is 9.59 Å². The van der Waals surface area contributed by atoms with Crippen molar-refractivity contribution in [2.45, 2.75) is 25.7 Å². The summed E-state index contributed by atoms with van der Waals surface area (Å²) in [6.07, 6.45) is 1.13. The number of aliphatic carboxylic acids is 2. The lowest BCUT2D eigenvalue weighted by molar-refractivity contribution is -0.140. The van der Waals surface area contributed by atoms with Gasteiger partial charge in [0.15, 0.2) is 0 Å². The minimum absolute atomic E-state index is 0.0842. The van der Waals surface area contributed by atoms with Gasteiger partial charge < -0.3 is 10.2 Å². The topological polar surface area (TPSA) is 74.6 Å². The average molecular weight is 236 g/mol. The Morgan fingerprint density at radius 1 is 1.00 bits per heavy atom. The van der Waals surface area contributed by atoms with E-state index in [1.807, 2.05) is 30.3 Å². The molecule has 0 spiro atoms. The molecule has 1 aromatic carbocycles. The number of hydrogen-bond donors (Lipinski definition) is 2. The monoisotopic (exact) mass is 236 g/mol. The molecule has 0 atom stereocenters. The molecule has 2 N–H and O–H groups in total. The van der Waals surface area contributed by atoms with Crippen LogP contribution in [0.1, 0.15) is 24.8 Å². The molecule has 0 aliphatic rings. The van der Waals surface area contributed by atoms with Crippen molar-refractivity contribution in [2.75, 3.05) is 0 Å². The predicted octanol–water partition coefficient (Wildman–Crippen LogP) is 2.18. The first-order chi connectivity index (χ1) is 8.08. The zero-order valence-electron chi connectivity index (χ0n) is 9.50.